The fourth-order valence-corrected chi connectivity index (χ4v) is 3.72. The zero-order valence-corrected chi connectivity index (χ0v) is 15.6. The molecule has 1 fully saturated rings. The minimum atomic E-state index is -0.264. The highest BCUT2D eigenvalue weighted by molar-refractivity contribution is 5.79. The standard InChI is InChI=1S/C21H23FN4O2/c22-16-5-3-15(4-6-16)14-26-9-1-2-17-18(24-12-19(27)21(17)26)7-10-25-11-8-23-13-20(25)28/h1-6,12,23,27H,7-11,13-14H2. The summed E-state index contributed by atoms with van der Waals surface area (Å²) in [4.78, 5) is 20.3. The smallest absolute Gasteiger partial charge is 0.236 e. The predicted octanol–water partition coefficient (Wildman–Crippen LogP) is 1.93. The van der Waals surface area contributed by atoms with Gasteiger partial charge in [-0.2, -0.15) is 0 Å². The van der Waals surface area contributed by atoms with Crippen molar-refractivity contribution in [3.05, 3.63) is 59.2 Å². The fraction of sp³-hybridized carbons (Fsp3) is 0.333. The molecule has 2 N–H and O–H groups in total. The van der Waals surface area contributed by atoms with Crippen LogP contribution >= 0.6 is 0 Å². The van der Waals surface area contributed by atoms with Gasteiger partial charge in [-0.05, 0) is 17.7 Å². The number of hydrogen-bond acceptors (Lipinski definition) is 5. The van der Waals surface area contributed by atoms with Crippen LogP contribution in [0.1, 0.15) is 16.8 Å². The van der Waals surface area contributed by atoms with Gasteiger partial charge in [-0.3, -0.25) is 9.78 Å². The van der Waals surface area contributed by atoms with Crippen LogP contribution in [0.3, 0.4) is 0 Å². The summed E-state index contributed by atoms with van der Waals surface area (Å²) in [7, 11) is 0. The summed E-state index contributed by atoms with van der Waals surface area (Å²) in [6.45, 7) is 3.70. The van der Waals surface area contributed by atoms with Gasteiger partial charge in [0.2, 0.25) is 5.91 Å². The summed E-state index contributed by atoms with van der Waals surface area (Å²) < 4.78 is 13.2. The van der Waals surface area contributed by atoms with E-state index in [0.717, 1.165) is 29.1 Å². The molecule has 1 amide bonds. The van der Waals surface area contributed by atoms with Crippen LogP contribution in [0, 0.1) is 5.82 Å². The zero-order valence-electron chi connectivity index (χ0n) is 15.6. The second-order valence-corrected chi connectivity index (χ2v) is 7.07. The number of anilines is 1. The predicted molar refractivity (Wildman–Crippen MR) is 106 cm³/mol. The third kappa shape index (κ3) is 3.84. The molecule has 2 aliphatic rings. The zero-order chi connectivity index (χ0) is 19.5. The van der Waals surface area contributed by atoms with E-state index in [9.17, 15) is 14.3 Å². The van der Waals surface area contributed by atoms with E-state index >= 15 is 0 Å². The van der Waals surface area contributed by atoms with Crippen LogP contribution < -0.4 is 10.2 Å². The molecule has 6 nitrogen and oxygen atoms in total. The van der Waals surface area contributed by atoms with Gasteiger partial charge >= 0.3 is 0 Å². The topological polar surface area (TPSA) is 68.7 Å². The van der Waals surface area contributed by atoms with E-state index in [1.54, 1.807) is 12.1 Å². The first-order valence-corrected chi connectivity index (χ1v) is 9.47. The highest BCUT2D eigenvalue weighted by Gasteiger charge is 2.23. The number of benzene rings is 1. The Morgan fingerprint density at radius 1 is 1.21 bits per heavy atom. The Labute approximate surface area is 163 Å². The lowest BCUT2D eigenvalue weighted by Crippen LogP contribution is -2.48. The van der Waals surface area contributed by atoms with Crippen molar-refractivity contribution in [1.82, 2.24) is 15.2 Å². The molecule has 0 aliphatic carbocycles. The van der Waals surface area contributed by atoms with Crippen LogP contribution in [-0.4, -0.2) is 53.6 Å². The lowest BCUT2D eigenvalue weighted by Gasteiger charge is -2.31. The lowest BCUT2D eigenvalue weighted by atomic mass is 10.0. The van der Waals surface area contributed by atoms with Crippen molar-refractivity contribution in [1.29, 1.82) is 0 Å². The minimum Gasteiger partial charge on any atom is -0.504 e. The van der Waals surface area contributed by atoms with Crippen LogP contribution in [0.15, 0.2) is 36.5 Å². The van der Waals surface area contributed by atoms with Gasteiger partial charge in [0, 0.05) is 44.7 Å². The fourth-order valence-electron chi connectivity index (χ4n) is 3.72. The molecule has 0 spiro atoms. The van der Waals surface area contributed by atoms with Crippen molar-refractivity contribution >= 4 is 17.7 Å². The first-order chi connectivity index (χ1) is 13.6. The average molecular weight is 382 g/mol. The van der Waals surface area contributed by atoms with Crippen molar-refractivity contribution in [3.8, 4) is 5.75 Å². The molecule has 1 aromatic heterocycles. The molecule has 0 atom stereocenters. The van der Waals surface area contributed by atoms with Gasteiger partial charge in [0.25, 0.3) is 0 Å². The third-order valence-corrected chi connectivity index (χ3v) is 5.17. The summed E-state index contributed by atoms with van der Waals surface area (Å²) in [5.41, 5.74) is 3.45. The number of aromatic nitrogens is 1. The maximum Gasteiger partial charge on any atom is 0.236 e. The van der Waals surface area contributed by atoms with Crippen molar-refractivity contribution in [2.45, 2.75) is 13.0 Å². The molecule has 2 aliphatic heterocycles. The monoisotopic (exact) mass is 382 g/mol. The molecule has 1 saturated heterocycles. The summed E-state index contributed by atoms with van der Waals surface area (Å²) in [5, 5.41) is 13.5. The molecule has 2 aromatic rings. The number of amides is 1. The number of fused-ring (bicyclic) bond motifs is 1. The molecule has 0 bridgehead atoms. The summed E-state index contributed by atoms with van der Waals surface area (Å²) in [5.74, 6) is -0.0321. The van der Waals surface area contributed by atoms with Crippen LogP contribution in [0.2, 0.25) is 0 Å². The summed E-state index contributed by atoms with van der Waals surface area (Å²) in [6.07, 6.45) is 6.12. The number of aromatic hydroxyl groups is 1. The molecule has 0 unspecified atom stereocenters. The first-order valence-electron chi connectivity index (χ1n) is 9.47. The Balaban J connectivity index is 1.55. The van der Waals surface area contributed by atoms with Crippen molar-refractivity contribution in [3.63, 3.8) is 0 Å². The largest absolute Gasteiger partial charge is 0.504 e. The molecule has 0 radical (unpaired) electrons. The van der Waals surface area contributed by atoms with E-state index in [1.807, 2.05) is 17.1 Å². The Hall–Kier alpha value is -2.93. The molecular formula is C21H23FN4O2. The maximum absolute atomic E-state index is 13.2. The SMILES string of the molecule is O=C1CNCCN1CCc1ncc(O)c2c1C=CCN2Cc1ccc(F)cc1. The van der Waals surface area contributed by atoms with Gasteiger partial charge in [0.15, 0.2) is 5.75 Å². The number of carbonyl (C=O) groups is 1. The molecule has 7 heteroatoms. The Morgan fingerprint density at radius 3 is 2.82 bits per heavy atom. The second kappa shape index (κ2) is 7.98. The quantitative estimate of drug-likeness (QED) is 0.827. The molecule has 0 saturated carbocycles. The Kier molecular flexibility index (Phi) is 5.25. The van der Waals surface area contributed by atoms with Crippen LogP contribution in [-0.2, 0) is 17.8 Å². The normalized spacial score (nSPS) is 16.4. The maximum atomic E-state index is 13.2. The van der Waals surface area contributed by atoms with Crippen molar-refractivity contribution in [2.24, 2.45) is 0 Å². The van der Waals surface area contributed by atoms with Crippen LogP contribution in [0.25, 0.3) is 6.08 Å². The van der Waals surface area contributed by atoms with E-state index in [1.165, 1.54) is 18.3 Å². The number of piperazine rings is 1. The first kappa shape index (κ1) is 18.4. The highest BCUT2D eigenvalue weighted by Crippen LogP contribution is 2.37. The van der Waals surface area contributed by atoms with E-state index < -0.39 is 0 Å². The van der Waals surface area contributed by atoms with E-state index in [4.69, 9.17) is 0 Å². The van der Waals surface area contributed by atoms with Gasteiger partial charge < -0.3 is 20.2 Å². The number of nitrogens with one attached hydrogen (secondary N) is 1. The van der Waals surface area contributed by atoms with Crippen LogP contribution in [0.5, 0.6) is 5.75 Å². The third-order valence-electron chi connectivity index (χ3n) is 5.17. The van der Waals surface area contributed by atoms with Gasteiger partial charge in [-0.1, -0.05) is 24.3 Å². The van der Waals surface area contributed by atoms with Gasteiger partial charge in [0.1, 0.15) is 5.82 Å². The summed E-state index contributed by atoms with van der Waals surface area (Å²) in [6, 6.07) is 6.39. The molecule has 1 aromatic carbocycles. The Morgan fingerprint density at radius 2 is 2.04 bits per heavy atom. The molecule has 3 heterocycles. The van der Waals surface area contributed by atoms with Crippen LogP contribution in [0.4, 0.5) is 10.1 Å². The number of hydrogen-bond donors (Lipinski definition) is 2. The highest BCUT2D eigenvalue weighted by atomic mass is 19.1. The number of nitrogens with zero attached hydrogens (tertiary/aromatic N) is 3. The van der Waals surface area contributed by atoms with Crippen molar-refractivity contribution in [2.75, 3.05) is 37.6 Å². The minimum absolute atomic E-state index is 0.104. The Bertz CT molecular complexity index is 898. The van der Waals surface area contributed by atoms with Crippen molar-refractivity contribution < 1.29 is 14.3 Å². The molecule has 4 rings (SSSR count). The van der Waals surface area contributed by atoms with Gasteiger partial charge in [0.05, 0.1) is 24.1 Å². The van der Waals surface area contributed by atoms with E-state index in [2.05, 4.69) is 15.2 Å². The molecule has 28 heavy (non-hydrogen) atoms. The van der Waals surface area contributed by atoms with Gasteiger partial charge in [-0.25, -0.2) is 4.39 Å². The lowest BCUT2D eigenvalue weighted by molar-refractivity contribution is -0.131. The number of carbonyl (C=O) groups excluding carboxylic acids is 1. The summed E-state index contributed by atoms with van der Waals surface area (Å²) >= 11 is 0. The van der Waals surface area contributed by atoms with E-state index in [-0.39, 0.29) is 17.5 Å². The van der Waals surface area contributed by atoms with Gasteiger partial charge in [-0.15, -0.1) is 0 Å². The number of pyridine rings is 1. The average Bonchev–Trinajstić information content (AvgIpc) is 2.70. The van der Waals surface area contributed by atoms with E-state index in [0.29, 0.717) is 39.1 Å². The number of rotatable bonds is 5. The molecular weight excluding hydrogens is 359 g/mol. The number of halogens is 1. The molecule has 146 valence electrons. The second-order valence-electron chi connectivity index (χ2n) is 7.07.